The molecule has 0 aromatic rings. The van der Waals surface area contributed by atoms with Gasteiger partial charge in [-0.25, -0.2) is 0 Å². The average molecular weight is 171 g/mol. The summed E-state index contributed by atoms with van der Waals surface area (Å²) in [5.41, 5.74) is 0. The van der Waals surface area contributed by atoms with Crippen molar-refractivity contribution in [2.24, 2.45) is 5.92 Å². The molecule has 3 nitrogen and oxygen atoms in total. The van der Waals surface area contributed by atoms with Gasteiger partial charge in [0.1, 0.15) is 0 Å². The molecule has 1 aliphatic heterocycles. The van der Waals surface area contributed by atoms with E-state index in [4.69, 9.17) is 4.74 Å². The lowest BCUT2D eigenvalue weighted by Crippen LogP contribution is -2.38. The molecule has 0 aromatic heterocycles. The summed E-state index contributed by atoms with van der Waals surface area (Å²) in [6.45, 7) is 4.27. The maximum Gasteiger partial charge on any atom is 0.223 e. The Hall–Kier alpha value is -0.570. The summed E-state index contributed by atoms with van der Waals surface area (Å²) in [4.78, 5) is 11.1. The minimum atomic E-state index is 0.0763. The standard InChI is InChI=1S/C9H17NO2/c1-4-6(2)9-7(12-3)5-8(11)10-9/h6-7,9H,4-5H2,1-3H3,(H,10,11)/t6-,7+,9-/m0/s1. The molecular formula is C9H17NO2. The second kappa shape index (κ2) is 3.90. The van der Waals surface area contributed by atoms with Gasteiger partial charge in [0.25, 0.3) is 0 Å². The number of nitrogens with one attached hydrogen (secondary N) is 1. The van der Waals surface area contributed by atoms with Crippen molar-refractivity contribution in [1.82, 2.24) is 5.32 Å². The molecule has 3 heteroatoms. The summed E-state index contributed by atoms with van der Waals surface area (Å²) in [6.07, 6.45) is 1.67. The zero-order valence-corrected chi connectivity index (χ0v) is 7.96. The number of rotatable bonds is 3. The second-order valence-electron chi connectivity index (χ2n) is 3.46. The molecule has 0 spiro atoms. The lowest BCUT2D eigenvalue weighted by Gasteiger charge is -2.22. The zero-order chi connectivity index (χ0) is 9.14. The molecule has 0 saturated carbocycles. The summed E-state index contributed by atoms with van der Waals surface area (Å²) in [5.74, 6) is 0.619. The van der Waals surface area contributed by atoms with Gasteiger partial charge in [0, 0.05) is 7.11 Å². The van der Waals surface area contributed by atoms with Gasteiger partial charge in [-0.2, -0.15) is 0 Å². The molecule has 0 radical (unpaired) electrons. The number of hydrogen-bond donors (Lipinski definition) is 1. The third-order valence-electron chi connectivity index (χ3n) is 2.67. The topological polar surface area (TPSA) is 38.3 Å². The Morgan fingerprint density at radius 1 is 1.75 bits per heavy atom. The van der Waals surface area contributed by atoms with E-state index in [1.54, 1.807) is 7.11 Å². The van der Waals surface area contributed by atoms with Gasteiger partial charge in [0.2, 0.25) is 5.91 Å². The van der Waals surface area contributed by atoms with Gasteiger partial charge < -0.3 is 10.1 Å². The van der Waals surface area contributed by atoms with Crippen LogP contribution in [0.15, 0.2) is 0 Å². The van der Waals surface area contributed by atoms with Crippen LogP contribution in [-0.4, -0.2) is 25.2 Å². The van der Waals surface area contributed by atoms with Crippen LogP contribution < -0.4 is 5.32 Å². The number of hydrogen-bond acceptors (Lipinski definition) is 2. The largest absolute Gasteiger partial charge is 0.379 e. The van der Waals surface area contributed by atoms with Gasteiger partial charge in [-0.3, -0.25) is 4.79 Å². The number of methoxy groups -OCH3 is 1. The quantitative estimate of drug-likeness (QED) is 0.686. The van der Waals surface area contributed by atoms with Crippen LogP contribution in [0.25, 0.3) is 0 Å². The molecule has 1 amide bonds. The lowest BCUT2D eigenvalue weighted by atomic mass is 9.96. The third kappa shape index (κ3) is 1.78. The van der Waals surface area contributed by atoms with E-state index in [1.165, 1.54) is 0 Å². The van der Waals surface area contributed by atoms with Crippen molar-refractivity contribution >= 4 is 5.91 Å². The first-order valence-corrected chi connectivity index (χ1v) is 4.51. The van der Waals surface area contributed by atoms with Crippen LogP contribution in [0.4, 0.5) is 0 Å². The van der Waals surface area contributed by atoms with E-state index in [0.717, 1.165) is 6.42 Å². The normalized spacial score (nSPS) is 31.8. The summed E-state index contributed by atoms with van der Waals surface area (Å²) >= 11 is 0. The molecule has 1 rings (SSSR count). The van der Waals surface area contributed by atoms with Gasteiger partial charge in [-0.1, -0.05) is 20.3 Å². The Labute approximate surface area is 73.5 Å². The molecular weight excluding hydrogens is 154 g/mol. The molecule has 1 aliphatic rings. The monoisotopic (exact) mass is 171 g/mol. The Morgan fingerprint density at radius 3 is 2.92 bits per heavy atom. The van der Waals surface area contributed by atoms with E-state index < -0.39 is 0 Å². The number of carbonyl (C=O) groups excluding carboxylic acids is 1. The van der Waals surface area contributed by atoms with E-state index in [0.29, 0.717) is 12.3 Å². The molecule has 3 atom stereocenters. The molecule has 12 heavy (non-hydrogen) atoms. The maximum atomic E-state index is 11.1. The summed E-state index contributed by atoms with van der Waals surface area (Å²) in [5, 5.41) is 2.94. The van der Waals surface area contributed by atoms with Crippen LogP contribution in [0, 0.1) is 5.92 Å². The molecule has 1 fully saturated rings. The van der Waals surface area contributed by atoms with Crippen LogP contribution in [0.3, 0.4) is 0 Å². The summed E-state index contributed by atoms with van der Waals surface area (Å²) in [6, 6.07) is 0.215. The number of ether oxygens (including phenoxy) is 1. The van der Waals surface area contributed by atoms with E-state index in [9.17, 15) is 4.79 Å². The Bertz CT molecular complexity index is 170. The van der Waals surface area contributed by atoms with Crippen LogP contribution in [-0.2, 0) is 9.53 Å². The maximum absolute atomic E-state index is 11.1. The van der Waals surface area contributed by atoms with Crippen LogP contribution in [0.1, 0.15) is 26.7 Å². The molecule has 0 aliphatic carbocycles. The SMILES string of the molecule is CC[C@H](C)[C@@H]1NC(=O)C[C@H]1OC. The van der Waals surface area contributed by atoms with Gasteiger partial charge in [-0.15, -0.1) is 0 Å². The molecule has 1 heterocycles. The fourth-order valence-corrected chi connectivity index (χ4v) is 1.64. The molecule has 1 N–H and O–H groups in total. The first-order valence-electron chi connectivity index (χ1n) is 4.51. The fraction of sp³-hybridized carbons (Fsp3) is 0.889. The van der Waals surface area contributed by atoms with E-state index >= 15 is 0 Å². The Kier molecular flexibility index (Phi) is 3.09. The molecule has 70 valence electrons. The van der Waals surface area contributed by atoms with E-state index in [1.807, 2.05) is 0 Å². The predicted molar refractivity (Wildman–Crippen MR) is 46.8 cm³/mol. The molecule has 0 unspecified atom stereocenters. The third-order valence-corrected chi connectivity index (χ3v) is 2.67. The highest BCUT2D eigenvalue weighted by Crippen LogP contribution is 2.20. The van der Waals surface area contributed by atoms with Gasteiger partial charge in [-0.05, 0) is 5.92 Å². The second-order valence-corrected chi connectivity index (χ2v) is 3.46. The average Bonchev–Trinajstić information content (AvgIpc) is 2.45. The smallest absolute Gasteiger partial charge is 0.223 e. The predicted octanol–water partition coefficient (Wildman–Crippen LogP) is 0.936. The van der Waals surface area contributed by atoms with Gasteiger partial charge in [0.05, 0.1) is 18.6 Å². The van der Waals surface area contributed by atoms with Crippen molar-refractivity contribution in [2.75, 3.05) is 7.11 Å². The van der Waals surface area contributed by atoms with Crippen molar-refractivity contribution in [2.45, 2.75) is 38.8 Å². The summed E-state index contributed by atoms with van der Waals surface area (Å²) in [7, 11) is 1.67. The highest BCUT2D eigenvalue weighted by molar-refractivity contribution is 5.79. The first-order chi connectivity index (χ1) is 5.69. The highest BCUT2D eigenvalue weighted by atomic mass is 16.5. The van der Waals surface area contributed by atoms with Crippen molar-refractivity contribution < 1.29 is 9.53 Å². The first kappa shape index (κ1) is 9.52. The van der Waals surface area contributed by atoms with Crippen molar-refractivity contribution in [3.63, 3.8) is 0 Å². The fourth-order valence-electron chi connectivity index (χ4n) is 1.64. The van der Waals surface area contributed by atoms with Crippen LogP contribution in [0.5, 0.6) is 0 Å². The van der Waals surface area contributed by atoms with Crippen molar-refractivity contribution in [1.29, 1.82) is 0 Å². The number of amides is 1. The highest BCUT2D eigenvalue weighted by Gasteiger charge is 2.34. The zero-order valence-electron chi connectivity index (χ0n) is 7.96. The van der Waals surface area contributed by atoms with Gasteiger partial charge >= 0.3 is 0 Å². The van der Waals surface area contributed by atoms with Gasteiger partial charge in [0.15, 0.2) is 0 Å². The Balaban J connectivity index is 2.56. The minimum absolute atomic E-state index is 0.0763. The Morgan fingerprint density at radius 2 is 2.42 bits per heavy atom. The molecule has 0 bridgehead atoms. The molecule has 1 saturated heterocycles. The van der Waals surface area contributed by atoms with Crippen molar-refractivity contribution in [3.05, 3.63) is 0 Å². The van der Waals surface area contributed by atoms with Crippen molar-refractivity contribution in [3.8, 4) is 0 Å². The van der Waals surface area contributed by atoms with Crippen LogP contribution >= 0.6 is 0 Å². The van der Waals surface area contributed by atoms with E-state index in [2.05, 4.69) is 19.2 Å². The van der Waals surface area contributed by atoms with E-state index in [-0.39, 0.29) is 18.1 Å². The lowest BCUT2D eigenvalue weighted by molar-refractivity contribution is -0.119. The molecule has 0 aromatic carbocycles. The number of carbonyl (C=O) groups is 1. The van der Waals surface area contributed by atoms with Crippen LogP contribution in [0.2, 0.25) is 0 Å². The minimum Gasteiger partial charge on any atom is -0.379 e. The summed E-state index contributed by atoms with van der Waals surface area (Å²) < 4.78 is 5.23.